The summed E-state index contributed by atoms with van der Waals surface area (Å²) in [5.41, 5.74) is 0. The molecule has 0 spiro atoms. The highest BCUT2D eigenvalue weighted by Gasteiger charge is 2.27. The molecule has 1 atom stereocenters. The lowest BCUT2D eigenvalue weighted by molar-refractivity contribution is 0.201. The molecule has 1 N–H and O–H groups in total. The zero-order chi connectivity index (χ0) is 12.8. The van der Waals surface area contributed by atoms with Gasteiger partial charge in [-0.25, -0.2) is 0 Å². The summed E-state index contributed by atoms with van der Waals surface area (Å²) in [6, 6.07) is 0.744. The first-order valence-corrected chi connectivity index (χ1v) is 8.21. The van der Waals surface area contributed by atoms with Gasteiger partial charge in [0.05, 0.1) is 0 Å². The molecule has 0 heterocycles. The molecule has 106 valence electrons. The molecular weight excluding hydrogens is 220 g/mol. The third-order valence-electron chi connectivity index (χ3n) is 4.65. The molecule has 0 bridgehead atoms. The maximum atomic E-state index is 3.82. The Hall–Kier alpha value is -0.0800. The van der Waals surface area contributed by atoms with Crippen molar-refractivity contribution in [2.75, 3.05) is 26.7 Å². The van der Waals surface area contributed by atoms with Gasteiger partial charge in [0.2, 0.25) is 0 Å². The summed E-state index contributed by atoms with van der Waals surface area (Å²) in [5, 5.41) is 3.82. The summed E-state index contributed by atoms with van der Waals surface area (Å²) >= 11 is 0. The molecular formula is C16H32N2. The highest BCUT2D eigenvalue weighted by molar-refractivity contribution is 4.83. The van der Waals surface area contributed by atoms with E-state index in [1.54, 1.807) is 0 Å². The van der Waals surface area contributed by atoms with Gasteiger partial charge in [0.15, 0.2) is 0 Å². The van der Waals surface area contributed by atoms with Crippen molar-refractivity contribution in [3.05, 3.63) is 0 Å². The number of hydrogen-bond acceptors (Lipinski definition) is 2. The molecule has 2 saturated carbocycles. The fourth-order valence-corrected chi connectivity index (χ4v) is 3.40. The van der Waals surface area contributed by atoms with Crippen molar-refractivity contribution in [3.63, 3.8) is 0 Å². The monoisotopic (exact) mass is 252 g/mol. The molecule has 2 aliphatic carbocycles. The third kappa shape index (κ3) is 4.89. The van der Waals surface area contributed by atoms with Gasteiger partial charge in [-0.2, -0.15) is 0 Å². The Bertz CT molecular complexity index is 219. The minimum atomic E-state index is 0.744. The van der Waals surface area contributed by atoms with E-state index >= 15 is 0 Å². The van der Waals surface area contributed by atoms with Crippen LogP contribution in [-0.2, 0) is 0 Å². The molecule has 2 nitrogen and oxygen atoms in total. The first-order chi connectivity index (χ1) is 8.79. The Morgan fingerprint density at radius 1 is 1.11 bits per heavy atom. The predicted octanol–water partition coefficient (Wildman–Crippen LogP) is 3.28. The summed E-state index contributed by atoms with van der Waals surface area (Å²) in [4.78, 5) is 2.58. The fourth-order valence-electron chi connectivity index (χ4n) is 3.40. The molecule has 0 radical (unpaired) electrons. The Morgan fingerprint density at radius 3 is 2.44 bits per heavy atom. The minimum absolute atomic E-state index is 0.744. The zero-order valence-electron chi connectivity index (χ0n) is 12.5. The van der Waals surface area contributed by atoms with Crippen LogP contribution >= 0.6 is 0 Å². The second-order valence-electron chi connectivity index (χ2n) is 6.62. The summed E-state index contributed by atoms with van der Waals surface area (Å²) in [5.74, 6) is 1.96. The van der Waals surface area contributed by atoms with E-state index in [0.29, 0.717) is 0 Å². The number of rotatable bonds is 8. The smallest absolute Gasteiger partial charge is 0.0223 e. The van der Waals surface area contributed by atoms with E-state index in [1.165, 1.54) is 71.0 Å². The first kappa shape index (κ1) is 14.3. The molecule has 18 heavy (non-hydrogen) atoms. The Labute approximate surface area is 114 Å². The van der Waals surface area contributed by atoms with E-state index in [0.717, 1.165) is 17.9 Å². The molecule has 2 fully saturated rings. The minimum Gasteiger partial charge on any atom is -0.312 e. The average Bonchev–Trinajstić information content (AvgIpc) is 3.19. The quantitative estimate of drug-likeness (QED) is 0.713. The van der Waals surface area contributed by atoms with Crippen molar-refractivity contribution >= 4 is 0 Å². The molecule has 0 amide bonds. The van der Waals surface area contributed by atoms with Gasteiger partial charge < -0.3 is 10.2 Å². The average molecular weight is 252 g/mol. The maximum absolute atomic E-state index is 3.82. The highest BCUT2D eigenvalue weighted by atomic mass is 15.1. The van der Waals surface area contributed by atoms with Gasteiger partial charge in [0, 0.05) is 19.1 Å². The first-order valence-electron chi connectivity index (χ1n) is 8.21. The summed E-state index contributed by atoms with van der Waals surface area (Å²) < 4.78 is 0. The molecule has 0 aromatic carbocycles. The van der Waals surface area contributed by atoms with Crippen LogP contribution in [0.4, 0.5) is 0 Å². The lowest BCUT2D eigenvalue weighted by atomic mass is 9.83. The van der Waals surface area contributed by atoms with Gasteiger partial charge >= 0.3 is 0 Å². The largest absolute Gasteiger partial charge is 0.312 e. The van der Waals surface area contributed by atoms with Crippen LogP contribution in [0.2, 0.25) is 0 Å². The van der Waals surface area contributed by atoms with Gasteiger partial charge in [0.1, 0.15) is 0 Å². The molecule has 0 aromatic rings. The van der Waals surface area contributed by atoms with E-state index in [1.807, 2.05) is 0 Å². The predicted molar refractivity (Wildman–Crippen MR) is 78.9 cm³/mol. The van der Waals surface area contributed by atoms with Crippen LogP contribution in [0.25, 0.3) is 0 Å². The standard InChI is InChI=1S/C16H32N2/c1-3-11-17-16(15-7-5-4-6-8-15)13-18(2)12-14-9-10-14/h14-17H,3-13H2,1-2H3. The molecule has 0 saturated heterocycles. The summed E-state index contributed by atoms with van der Waals surface area (Å²) in [7, 11) is 2.32. The number of nitrogens with zero attached hydrogens (tertiary/aromatic N) is 1. The number of hydrogen-bond donors (Lipinski definition) is 1. The topological polar surface area (TPSA) is 15.3 Å². The van der Waals surface area contributed by atoms with Crippen LogP contribution in [0.3, 0.4) is 0 Å². The zero-order valence-corrected chi connectivity index (χ0v) is 12.5. The normalized spacial score (nSPS) is 23.5. The van der Waals surface area contributed by atoms with Crippen LogP contribution in [-0.4, -0.2) is 37.6 Å². The molecule has 2 rings (SSSR count). The van der Waals surface area contributed by atoms with Crippen molar-refractivity contribution in [2.24, 2.45) is 11.8 Å². The molecule has 0 aromatic heterocycles. The lowest BCUT2D eigenvalue weighted by Crippen LogP contribution is -2.46. The van der Waals surface area contributed by atoms with Gasteiger partial charge in [0.25, 0.3) is 0 Å². The van der Waals surface area contributed by atoms with Crippen molar-refractivity contribution in [1.82, 2.24) is 10.2 Å². The van der Waals surface area contributed by atoms with Crippen LogP contribution in [0.5, 0.6) is 0 Å². The maximum Gasteiger partial charge on any atom is 0.0223 e. The van der Waals surface area contributed by atoms with Gasteiger partial charge in [-0.3, -0.25) is 0 Å². The van der Waals surface area contributed by atoms with E-state index < -0.39 is 0 Å². The summed E-state index contributed by atoms with van der Waals surface area (Å²) in [6.45, 7) is 6.06. The van der Waals surface area contributed by atoms with Gasteiger partial charge in [-0.1, -0.05) is 26.2 Å². The molecule has 0 aliphatic heterocycles. The van der Waals surface area contributed by atoms with Crippen LogP contribution in [0, 0.1) is 11.8 Å². The molecule has 2 aliphatic rings. The number of nitrogens with one attached hydrogen (secondary N) is 1. The van der Waals surface area contributed by atoms with Crippen LogP contribution in [0.1, 0.15) is 58.3 Å². The van der Waals surface area contributed by atoms with E-state index in [2.05, 4.69) is 24.2 Å². The lowest BCUT2D eigenvalue weighted by Gasteiger charge is -2.34. The van der Waals surface area contributed by atoms with E-state index in [-0.39, 0.29) is 0 Å². The van der Waals surface area contributed by atoms with Gasteiger partial charge in [-0.15, -0.1) is 0 Å². The van der Waals surface area contributed by atoms with Crippen molar-refractivity contribution in [1.29, 1.82) is 0 Å². The SMILES string of the molecule is CCCNC(CN(C)CC1CC1)C1CCCCC1. The summed E-state index contributed by atoms with van der Waals surface area (Å²) in [6.07, 6.45) is 11.5. The second kappa shape index (κ2) is 7.49. The highest BCUT2D eigenvalue weighted by Crippen LogP contribution is 2.30. The second-order valence-corrected chi connectivity index (χ2v) is 6.62. The van der Waals surface area contributed by atoms with Crippen molar-refractivity contribution in [2.45, 2.75) is 64.3 Å². The molecule has 2 heteroatoms. The van der Waals surface area contributed by atoms with E-state index in [4.69, 9.17) is 0 Å². The Kier molecular flexibility index (Phi) is 5.97. The third-order valence-corrected chi connectivity index (χ3v) is 4.65. The van der Waals surface area contributed by atoms with Crippen molar-refractivity contribution < 1.29 is 0 Å². The van der Waals surface area contributed by atoms with Crippen LogP contribution < -0.4 is 5.32 Å². The fraction of sp³-hybridized carbons (Fsp3) is 1.00. The van der Waals surface area contributed by atoms with E-state index in [9.17, 15) is 0 Å². The number of likely N-dealkylation sites (N-methyl/N-ethyl adjacent to an activating group) is 1. The Morgan fingerprint density at radius 2 is 1.83 bits per heavy atom. The Balaban J connectivity index is 1.77. The molecule has 1 unspecified atom stereocenters. The van der Waals surface area contributed by atoms with Crippen LogP contribution in [0.15, 0.2) is 0 Å². The van der Waals surface area contributed by atoms with Crippen molar-refractivity contribution in [3.8, 4) is 0 Å². The van der Waals surface area contributed by atoms with Gasteiger partial charge in [-0.05, 0) is 57.5 Å².